The summed E-state index contributed by atoms with van der Waals surface area (Å²) in [5, 5.41) is 12.1. The van der Waals surface area contributed by atoms with Gasteiger partial charge in [0.15, 0.2) is 0 Å². The molecule has 0 bridgehead atoms. The summed E-state index contributed by atoms with van der Waals surface area (Å²) < 4.78 is 12.3. The van der Waals surface area contributed by atoms with Gasteiger partial charge in [-0.25, -0.2) is 0 Å². The summed E-state index contributed by atoms with van der Waals surface area (Å²) in [4.78, 5) is 16.6. The van der Waals surface area contributed by atoms with Crippen LogP contribution in [0.25, 0.3) is 11.8 Å². The van der Waals surface area contributed by atoms with E-state index in [9.17, 15) is 4.79 Å². The summed E-state index contributed by atoms with van der Waals surface area (Å²) >= 11 is 0. The number of aromatic nitrogens is 4. The molecular weight excluding hydrogens is 396 g/mol. The SMILES string of the molecule is COc1ccc(OC)c(/C=C/C(=O)N2CCN(c3nnnn3-c3ccccc3)CC2)c1. The van der Waals surface area contributed by atoms with Crippen molar-refractivity contribution in [1.29, 1.82) is 0 Å². The predicted octanol–water partition coefficient (Wildman–Crippen LogP) is 2.04. The van der Waals surface area contributed by atoms with Crippen LogP contribution in [0, 0.1) is 0 Å². The number of rotatable bonds is 6. The molecule has 0 unspecified atom stereocenters. The molecular formula is C22H24N6O3. The Morgan fingerprint density at radius 2 is 1.77 bits per heavy atom. The van der Waals surface area contributed by atoms with Gasteiger partial charge in [-0.05, 0) is 46.8 Å². The molecule has 160 valence electrons. The molecule has 2 aromatic carbocycles. The van der Waals surface area contributed by atoms with Gasteiger partial charge in [0.05, 0.1) is 19.9 Å². The van der Waals surface area contributed by atoms with E-state index in [0.717, 1.165) is 11.3 Å². The fourth-order valence-corrected chi connectivity index (χ4v) is 3.48. The van der Waals surface area contributed by atoms with Crippen LogP contribution in [0.15, 0.2) is 54.6 Å². The fraction of sp³-hybridized carbons (Fsp3) is 0.273. The first-order chi connectivity index (χ1) is 15.2. The maximum absolute atomic E-state index is 12.7. The Bertz CT molecular complexity index is 1060. The van der Waals surface area contributed by atoms with Crippen molar-refractivity contribution in [2.45, 2.75) is 0 Å². The molecule has 0 atom stereocenters. The molecule has 4 rings (SSSR count). The second-order valence-electron chi connectivity index (χ2n) is 6.98. The highest BCUT2D eigenvalue weighted by Gasteiger charge is 2.24. The number of nitrogens with zero attached hydrogens (tertiary/aromatic N) is 6. The summed E-state index contributed by atoms with van der Waals surface area (Å²) in [5.41, 5.74) is 1.69. The minimum Gasteiger partial charge on any atom is -0.497 e. The fourth-order valence-electron chi connectivity index (χ4n) is 3.48. The first-order valence-electron chi connectivity index (χ1n) is 9.97. The molecule has 1 aliphatic rings. The average Bonchev–Trinajstić information content (AvgIpc) is 3.33. The minimum absolute atomic E-state index is 0.0489. The lowest BCUT2D eigenvalue weighted by Crippen LogP contribution is -2.49. The van der Waals surface area contributed by atoms with Crippen LogP contribution in [-0.4, -0.2) is 71.4 Å². The quantitative estimate of drug-likeness (QED) is 0.564. The lowest BCUT2D eigenvalue weighted by Gasteiger charge is -2.34. The molecule has 0 radical (unpaired) electrons. The van der Waals surface area contributed by atoms with E-state index >= 15 is 0 Å². The van der Waals surface area contributed by atoms with Gasteiger partial charge in [-0.3, -0.25) is 4.79 Å². The van der Waals surface area contributed by atoms with Gasteiger partial charge in [-0.1, -0.05) is 23.3 Å². The number of hydrogen-bond donors (Lipinski definition) is 0. The van der Waals surface area contributed by atoms with Crippen molar-refractivity contribution in [3.8, 4) is 17.2 Å². The van der Waals surface area contributed by atoms with Gasteiger partial charge in [-0.2, -0.15) is 4.68 Å². The van der Waals surface area contributed by atoms with Crippen LogP contribution in [0.5, 0.6) is 11.5 Å². The number of methoxy groups -OCH3 is 2. The van der Waals surface area contributed by atoms with E-state index in [2.05, 4.69) is 20.4 Å². The number of piperazine rings is 1. The van der Waals surface area contributed by atoms with Gasteiger partial charge < -0.3 is 19.3 Å². The second-order valence-corrected chi connectivity index (χ2v) is 6.98. The maximum atomic E-state index is 12.7. The zero-order valence-corrected chi connectivity index (χ0v) is 17.5. The Kier molecular flexibility index (Phi) is 6.11. The van der Waals surface area contributed by atoms with Crippen LogP contribution in [-0.2, 0) is 4.79 Å². The van der Waals surface area contributed by atoms with Gasteiger partial charge in [-0.15, -0.1) is 0 Å². The maximum Gasteiger partial charge on any atom is 0.250 e. The number of tetrazole rings is 1. The third-order valence-corrected chi connectivity index (χ3v) is 5.17. The first-order valence-corrected chi connectivity index (χ1v) is 9.97. The predicted molar refractivity (Wildman–Crippen MR) is 117 cm³/mol. The molecule has 0 aliphatic carbocycles. The van der Waals surface area contributed by atoms with Crippen molar-refractivity contribution >= 4 is 17.9 Å². The molecule has 1 aromatic heterocycles. The van der Waals surface area contributed by atoms with E-state index in [1.165, 1.54) is 0 Å². The molecule has 2 heterocycles. The number of ether oxygens (including phenoxy) is 2. The minimum atomic E-state index is -0.0489. The van der Waals surface area contributed by atoms with Crippen molar-refractivity contribution in [3.63, 3.8) is 0 Å². The van der Waals surface area contributed by atoms with Crippen molar-refractivity contribution in [2.24, 2.45) is 0 Å². The zero-order chi connectivity index (χ0) is 21.6. The molecule has 3 aromatic rings. The van der Waals surface area contributed by atoms with Gasteiger partial charge in [0, 0.05) is 37.8 Å². The smallest absolute Gasteiger partial charge is 0.250 e. The third kappa shape index (κ3) is 4.50. The second kappa shape index (κ2) is 9.29. The molecule has 9 nitrogen and oxygen atoms in total. The summed E-state index contributed by atoms with van der Waals surface area (Å²) in [6.45, 7) is 2.46. The molecule has 9 heteroatoms. The summed E-state index contributed by atoms with van der Waals surface area (Å²) in [6, 6.07) is 15.2. The van der Waals surface area contributed by atoms with E-state index in [1.54, 1.807) is 31.1 Å². The topological polar surface area (TPSA) is 85.6 Å². The third-order valence-electron chi connectivity index (χ3n) is 5.17. The normalized spacial score (nSPS) is 14.1. The molecule has 1 fully saturated rings. The highest BCUT2D eigenvalue weighted by molar-refractivity contribution is 5.92. The van der Waals surface area contributed by atoms with Crippen molar-refractivity contribution in [2.75, 3.05) is 45.3 Å². The van der Waals surface area contributed by atoms with Crippen LogP contribution >= 0.6 is 0 Å². The molecule has 0 saturated carbocycles. The standard InChI is InChI=1S/C22H24N6O3/c1-30-19-9-10-20(31-2)17(16-19)8-11-21(29)26-12-14-27(15-13-26)22-23-24-25-28(22)18-6-4-3-5-7-18/h3-11,16H,12-15H2,1-2H3/b11-8+. The highest BCUT2D eigenvalue weighted by Crippen LogP contribution is 2.25. The number of para-hydroxylation sites is 1. The molecule has 1 saturated heterocycles. The molecule has 0 spiro atoms. The molecule has 1 aliphatic heterocycles. The number of hydrogen-bond acceptors (Lipinski definition) is 7. The van der Waals surface area contributed by atoms with Gasteiger partial charge in [0.1, 0.15) is 11.5 Å². The number of carbonyl (C=O) groups excluding carboxylic acids is 1. The average molecular weight is 420 g/mol. The summed E-state index contributed by atoms with van der Waals surface area (Å²) in [7, 11) is 3.21. The first kappa shape index (κ1) is 20.4. The Labute approximate surface area is 180 Å². The molecule has 31 heavy (non-hydrogen) atoms. The monoisotopic (exact) mass is 420 g/mol. The Morgan fingerprint density at radius 1 is 1.00 bits per heavy atom. The van der Waals surface area contributed by atoms with Crippen LogP contribution < -0.4 is 14.4 Å². The van der Waals surface area contributed by atoms with Crippen LogP contribution in [0.1, 0.15) is 5.56 Å². The van der Waals surface area contributed by atoms with E-state index in [0.29, 0.717) is 43.6 Å². The number of carbonyl (C=O) groups is 1. The van der Waals surface area contributed by atoms with Crippen molar-refractivity contribution in [3.05, 3.63) is 60.2 Å². The number of anilines is 1. The van der Waals surface area contributed by atoms with Crippen LogP contribution in [0.2, 0.25) is 0 Å². The number of amides is 1. The number of benzene rings is 2. The van der Waals surface area contributed by atoms with Crippen LogP contribution in [0.3, 0.4) is 0 Å². The highest BCUT2D eigenvalue weighted by atomic mass is 16.5. The Hall–Kier alpha value is -3.88. The van der Waals surface area contributed by atoms with Crippen LogP contribution in [0.4, 0.5) is 5.95 Å². The Morgan fingerprint density at radius 3 is 2.48 bits per heavy atom. The molecule has 0 N–H and O–H groups in total. The summed E-state index contributed by atoms with van der Waals surface area (Å²) in [5.74, 6) is 2.02. The van der Waals surface area contributed by atoms with Crippen molar-refractivity contribution < 1.29 is 14.3 Å². The van der Waals surface area contributed by atoms with E-state index in [-0.39, 0.29) is 5.91 Å². The largest absolute Gasteiger partial charge is 0.497 e. The zero-order valence-electron chi connectivity index (χ0n) is 17.5. The van der Waals surface area contributed by atoms with Gasteiger partial charge >= 0.3 is 0 Å². The summed E-state index contributed by atoms with van der Waals surface area (Å²) in [6.07, 6.45) is 3.33. The van der Waals surface area contributed by atoms with E-state index in [4.69, 9.17) is 9.47 Å². The van der Waals surface area contributed by atoms with E-state index in [1.807, 2.05) is 53.4 Å². The lowest BCUT2D eigenvalue weighted by molar-refractivity contribution is -0.126. The van der Waals surface area contributed by atoms with Gasteiger partial charge in [0.2, 0.25) is 11.9 Å². The van der Waals surface area contributed by atoms with Crippen molar-refractivity contribution in [1.82, 2.24) is 25.1 Å². The lowest BCUT2D eigenvalue weighted by atomic mass is 10.1. The Balaban J connectivity index is 1.40. The molecule has 1 amide bonds. The van der Waals surface area contributed by atoms with Gasteiger partial charge in [0.25, 0.3) is 0 Å². The van der Waals surface area contributed by atoms with E-state index < -0.39 is 0 Å².